The number of anilines is 1. The van der Waals surface area contributed by atoms with E-state index in [-0.39, 0.29) is 0 Å². The summed E-state index contributed by atoms with van der Waals surface area (Å²) in [7, 11) is 0. The topological polar surface area (TPSA) is 32.9 Å². The first kappa shape index (κ1) is 17.3. The smallest absolute Gasteiger partial charge is 0.320 e. The predicted molar refractivity (Wildman–Crippen MR) is 99.0 cm³/mol. The van der Waals surface area contributed by atoms with Crippen LogP contribution in [0.25, 0.3) is 5.65 Å². The number of pyridine rings is 1. The highest BCUT2D eigenvalue weighted by Gasteiger charge is 2.32. The van der Waals surface area contributed by atoms with Crippen molar-refractivity contribution in [2.45, 2.75) is 26.2 Å². The van der Waals surface area contributed by atoms with Gasteiger partial charge in [-0.2, -0.15) is 13.2 Å². The summed E-state index contributed by atoms with van der Waals surface area (Å²) in [5.74, 6) is 0. The zero-order valence-corrected chi connectivity index (χ0v) is 14.8. The van der Waals surface area contributed by atoms with E-state index in [1.165, 1.54) is 10.5 Å². The van der Waals surface area contributed by atoms with Gasteiger partial charge >= 0.3 is 6.18 Å². The molecule has 0 radical (unpaired) electrons. The van der Waals surface area contributed by atoms with E-state index in [1.807, 2.05) is 42.3 Å². The molecule has 0 amide bonds. The fourth-order valence-electron chi connectivity index (χ4n) is 3.22. The van der Waals surface area contributed by atoms with Crippen molar-refractivity contribution >= 4 is 17.5 Å². The molecule has 7 heteroatoms. The average molecular weight is 370 g/mol. The van der Waals surface area contributed by atoms with Gasteiger partial charge in [0.05, 0.1) is 17.0 Å². The van der Waals surface area contributed by atoms with Gasteiger partial charge in [-0.15, -0.1) is 0 Å². The number of halogens is 3. The third-order valence-electron chi connectivity index (χ3n) is 4.57. The first-order valence-electron chi connectivity index (χ1n) is 8.45. The first-order valence-corrected chi connectivity index (χ1v) is 8.45. The van der Waals surface area contributed by atoms with Crippen molar-refractivity contribution in [3.8, 4) is 0 Å². The monoisotopic (exact) mass is 370 g/mol. The molecule has 0 N–H and O–H groups in total. The van der Waals surface area contributed by atoms with E-state index in [4.69, 9.17) is 0 Å². The summed E-state index contributed by atoms with van der Waals surface area (Å²) in [4.78, 5) is 10.9. The number of aryl methyl sites for hydroxylation is 2. The van der Waals surface area contributed by atoms with Gasteiger partial charge in [-0.1, -0.05) is 17.7 Å². The second-order valence-electron chi connectivity index (χ2n) is 6.48. The molecule has 1 atom stereocenters. The molecule has 4 rings (SSSR count). The number of benzene rings is 1. The second kappa shape index (κ2) is 6.26. The lowest BCUT2D eigenvalue weighted by molar-refractivity contribution is -0.137. The summed E-state index contributed by atoms with van der Waals surface area (Å²) in [5.41, 5.74) is 3.02. The minimum absolute atomic E-state index is 0.462. The largest absolute Gasteiger partial charge is 0.417 e. The Bertz CT molecular complexity index is 1050. The lowest BCUT2D eigenvalue weighted by Crippen LogP contribution is -2.25. The highest BCUT2D eigenvalue weighted by atomic mass is 19.4. The molecule has 0 aliphatic carbocycles. The third kappa shape index (κ3) is 3.09. The molecule has 1 aliphatic rings. The van der Waals surface area contributed by atoms with Gasteiger partial charge in [-0.25, -0.2) is 4.98 Å². The van der Waals surface area contributed by atoms with Crippen LogP contribution in [0, 0.1) is 13.8 Å². The van der Waals surface area contributed by atoms with Crippen LogP contribution in [0.5, 0.6) is 0 Å². The first-order chi connectivity index (χ1) is 12.8. The second-order valence-corrected chi connectivity index (χ2v) is 6.48. The number of aromatic nitrogens is 2. The SMILES string of the molecule is Cc1ccc(N2C=CC=NC2c2c(C)nc3ccc(C(F)(F)F)cn23)cc1. The van der Waals surface area contributed by atoms with Gasteiger partial charge in [0.15, 0.2) is 6.17 Å². The standard InChI is InChI=1S/C20H17F3N4/c1-13-4-7-16(8-5-13)26-11-3-10-24-19(26)18-14(2)25-17-9-6-15(12-27(17)18)20(21,22)23/h3-12,19H,1-2H3. The Labute approximate surface area is 154 Å². The molecule has 3 heterocycles. The van der Waals surface area contributed by atoms with E-state index in [0.29, 0.717) is 17.0 Å². The Morgan fingerprint density at radius 3 is 2.44 bits per heavy atom. The Morgan fingerprint density at radius 1 is 1.00 bits per heavy atom. The molecule has 1 aliphatic heterocycles. The molecular weight excluding hydrogens is 353 g/mol. The number of allylic oxidation sites excluding steroid dienone is 1. The van der Waals surface area contributed by atoms with Crippen LogP contribution in [-0.2, 0) is 6.18 Å². The van der Waals surface area contributed by atoms with Crippen LogP contribution >= 0.6 is 0 Å². The molecule has 0 fully saturated rings. The number of hydrogen-bond donors (Lipinski definition) is 0. The van der Waals surface area contributed by atoms with Crippen LogP contribution in [0.1, 0.15) is 28.7 Å². The van der Waals surface area contributed by atoms with Crippen LogP contribution in [0.4, 0.5) is 18.9 Å². The molecule has 0 saturated heterocycles. The van der Waals surface area contributed by atoms with Gasteiger partial charge in [0.1, 0.15) is 5.65 Å². The van der Waals surface area contributed by atoms with Crippen molar-refractivity contribution in [1.82, 2.24) is 9.38 Å². The zero-order valence-electron chi connectivity index (χ0n) is 14.8. The summed E-state index contributed by atoms with van der Waals surface area (Å²) in [6.45, 7) is 3.79. The van der Waals surface area contributed by atoms with Crippen molar-refractivity contribution in [2.75, 3.05) is 4.90 Å². The lowest BCUT2D eigenvalue weighted by Gasteiger charge is -2.30. The van der Waals surface area contributed by atoms with Gasteiger partial charge < -0.3 is 4.90 Å². The minimum Gasteiger partial charge on any atom is -0.320 e. The van der Waals surface area contributed by atoms with E-state index in [9.17, 15) is 13.2 Å². The number of aliphatic imine (C=N–C) groups is 1. The normalized spacial score (nSPS) is 17.1. The maximum absolute atomic E-state index is 13.2. The molecule has 138 valence electrons. The van der Waals surface area contributed by atoms with Crippen LogP contribution in [0.2, 0.25) is 0 Å². The number of alkyl halides is 3. The molecule has 3 aromatic rings. The quantitative estimate of drug-likeness (QED) is 0.631. The number of imidazole rings is 1. The Hall–Kier alpha value is -3.09. The molecule has 0 spiro atoms. The van der Waals surface area contributed by atoms with Gasteiger partial charge in [0.25, 0.3) is 0 Å². The summed E-state index contributed by atoms with van der Waals surface area (Å²) in [5, 5.41) is 0. The van der Waals surface area contributed by atoms with Crippen molar-refractivity contribution in [3.63, 3.8) is 0 Å². The van der Waals surface area contributed by atoms with E-state index < -0.39 is 17.9 Å². The van der Waals surface area contributed by atoms with E-state index in [2.05, 4.69) is 9.98 Å². The lowest BCUT2D eigenvalue weighted by atomic mass is 10.1. The summed E-state index contributed by atoms with van der Waals surface area (Å²) >= 11 is 0. The van der Waals surface area contributed by atoms with Crippen LogP contribution in [-0.4, -0.2) is 15.6 Å². The van der Waals surface area contributed by atoms with E-state index in [1.54, 1.807) is 19.2 Å². The van der Waals surface area contributed by atoms with Crippen LogP contribution in [0.15, 0.2) is 59.9 Å². The fourth-order valence-corrected chi connectivity index (χ4v) is 3.22. The van der Waals surface area contributed by atoms with Gasteiger partial charge in [0, 0.05) is 24.3 Å². The van der Waals surface area contributed by atoms with E-state index >= 15 is 0 Å². The van der Waals surface area contributed by atoms with Crippen LogP contribution in [0.3, 0.4) is 0 Å². The summed E-state index contributed by atoms with van der Waals surface area (Å²) < 4.78 is 41.1. The maximum atomic E-state index is 13.2. The number of nitrogens with zero attached hydrogens (tertiary/aromatic N) is 4. The van der Waals surface area contributed by atoms with Gasteiger partial charge in [-0.3, -0.25) is 9.39 Å². The minimum atomic E-state index is -4.42. The number of rotatable bonds is 2. The van der Waals surface area contributed by atoms with Crippen molar-refractivity contribution in [1.29, 1.82) is 0 Å². The maximum Gasteiger partial charge on any atom is 0.417 e. The van der Waals surface area contributed by atoms with Gasteiger partial charge in [0.2, 0.25) is 0 Å². The zero-order chi connectivity index (χ0) is 19.2. The van der Waals surface area contributed by atoms with Crippen molar-refractivity contribution in [3.05, 3.63) is 77.4 Å². The summed E-state index contributed by atoms with van der Waals surface area (Å²) in [6.07, 6.45) is 1.49. The Balaban J connectivity index is 1.86. The molecule has 0 bridgehead atoms. The molecule has 1 unspecified atom stereocenters. The molecule has 27 heavy (non-hydrogen) atoms. The summed E-state index contributed by atoms with van der Waals surface area (Å²) in [6, 6.07) is 10.3. The van der Waals surface area contributed by atoms with Crippen molar-refractivity contribution < 1.29 is 13.2 Å². The number of hydrogen-bond acceptors (Lipinski definition) is 3. The third-order valence-corrected chi connectivity index (χ3v) is 4.57. The Kier molecular flexibility index (Phi) is 4.02. The molecule has 4 nitrogen and oxygen atoms in total. The average Bonchev–Trinajstić information content (AvgIpc) is 2.96. The molecule has 1 aromatic carbocycles. The predicted octanol–water partition coefficient (Wildman–Crippen LogP) is 5.07. The molecular formula is C20H17F3N4. The molecule has 2 aromatic heterocycles. The number of fused-ring (bicyclic) bond motifs is 1. The van der Waals surface area contributed by atoms with Gasteiger partial charge in [-0.05, 0) is 44.2 Å². The van der Waals surface area contributed by atoms with Crippen molar-refractivity contribution in [2.24, 2.45) is 4.99 Å². The highest BCUT2D eigenvalue weighted by molar-refractivity contribution is 5.75. The van der Waals surface area contributed by atoms with Crippen LogP contribution < -0.4 is 4.90 Å². The molecule has 0 saturated carbocycles. The Morgan fingerprint density at radius 2 is 1.74 bits per heavy atom. The van der Waals surface area contributed by atoms with E-state index in [0.717, 1.165) is 23.5 Å². The highest BCUT2D eigenvalue weighted by Crippen LogP contribution is 2.35. The fraction of sp³-hybridized carbons (Fsp3) is 0.200.